The van der Waals surface area contributed by atoms with Crippen LogP contribution in [0.15, 0.2) is 0 Å². The Morgan fingerprint density at radius 1 is 1.00 bits per heavy atom. The molecule has 0 N–H and O–H groups in total. The van der Waals surface area contributed by atoms with E-state index in [9.17, 15) is 9.90 Å². The summed E-state index contributed by atoms with van der Waals surface area (Å²) in [7, 11) is 0. The van der Waals surface area contributed by atoms with Crippen molar-refractivity contribution in [3.8, 4) is 0 Å². The maximum absolute atomic E-state index is 10.1. The van der Waals surface area contributed by atoms with E-state index in [0.717, 1.165) is 19.3 Å². The van der Waals surface area contributed by atoms with E-state index in [-0.39, 0.29) is 6.42 Å². The predicted octanol–water partition coefficient (Wildman–Crippen LogP) is 3.33. The molecule has 0 fully saturated rings. The highest BCUT2D eigenvalue weighted by Crippen LogP contribution is 2.22. The number of unbranched alkanes of at least 4 members (excludes halogenated alkanes) is 3. The van der Waals surface area contributed by atoms with Gasteiger partial charge in [0.2, 0.25) is 0 Å². The molecule has 0 aliphatic carbocycles. The summed E-state index contributed by atoms with van der Waals surface area (Å²) in [5.74, 6) is -0.921. The third-order valence-electron chi connectivity index (χ3n) is 2.06. The molecule has 0 aromatic rings. The molecule has 0 atom stereocenters. The van der Waals surface area contributed by atoms with Gasteiger partial charge < -0.3 is 0 Å². The normalized spacial score (nSPS) is 11.6. The molecule has 0 bridgehead atoms. The van der Waals surface area contributed by atoms with Crippen molar-refractivity contribution in [2.45, 2.75) is 59.3 Å². The van der Waals surface area contributed by atoms with E-state index in [0.29, 0.717) is 5.41 Å². The molecule has 0 aromatic carbocycles. The van der Waals surface area contributed by atoms with Gasteiger partial charge in [-0.05, 0) is 18.3 Å². The zero-order chi connectivity index (χ0) is 10.3. The minimum Gasteiger partial charge on any atom is -0.247 e. The average Bonchev–Trinajstić information content (AvgIpc) is 1.93. The van der Waals surface area contributed by atoms with Crippen LogP contribution in [-0.2, 0) is 9.90 Å². The van der Waals surface area contributed by atoms with Crippen LogP contribution in [0.25, 0.3) is 0 Å². The Morgan fingerprint density at radius 2 is 1.54 bits per heavy atom. The summed E-state index contributed by atoms with van der Waals surface area (Å²) in [4.78, 5) is 10.1. The minimum absolute atomic E-state index is 0.218. The van der Waals surface area contributed by atoms with Crippen molar-refractivity contribution in [3.63, 3.8) is 0 Å². The van der Waals surface area contributed by atoms with E-state index in [1.165, 1.54) is 12.8 Å². The zero-order valence-corrected chi connectivity index (χ0v) is 9.06. The molecule has 0 amide bonds. The average molecular weight is 185 g/mol. The first-order chi connectivity index (χ1) is 5.92. The highest BCUT2D eigenvalue weighted by molar-refractivity contribution is 5.66. The van der Waals surface area contributed by atoms with Crippen molar-refractivity contribution >= 4 is 5.97 Å². The largest absolute Gasteiger partial charge is 0.355 e. The molecule has 13 heavy (non-hydrogen) atoms. The molecule has 0 heterocycles. The van der Waals surface area contributed by atoms with Gasteiger partial charge in [-0.1, -0.05) is 40.0 Å². The monoisotopic (exact) mass is 185 g/mol. The fourth-order valence-corrected chi connectivity index (χ4v) is 1.28. The van der Waals surface area contributed by atoms with Crippen LogP contribution in [0, 0.1) is 5.41 Å². The van der Waals surface area contributed by atoms with Crippen LogP contribution in [0.3, 0.4) is 0 Å². The Hall–Kier alpha value is -0.530. The van der Waals surface area contributed by atoms with Crippen molar-refractivity contribution in [1.82, 2.24) is 0 Å². The lowest BCUT2D eigenvalue weighted by Crippen LogP contribution is -2.03. The number of carbonyl (C=O) groups is 1. The number of carbonyl (C=O) groups excluding carboxylic acids is 1. The van der Waals surface area contributed by atoms with Crippen LogP contribution >= 0.6 is 0 Å². The van der Waals surface area contributed by atoms with Gasteiger partial charge in [0.15, 0.2) is 0 Å². The van der Waals surface area contributed by atoms with Gasteiger partial charge in [0.1, 0.15) is 0 Å². The van der Waals surface area contributed by atoms with Crippen molar-refractivity contribution in [2.75, 3.05) is 0 Å². The third kappa shape index (κ3) is 11.5. The van der Waals surface area contributed by atoms with Gasteiger partial charge in [-0.25, -0.2) is 9.90 Å². The van der Waals surface area contributed by atoms with E-state index in [1.54, 1.807) is 0 Å². The summed E-state index contributed by atoms with van der Waals surface area (Å²) in [6.45, 7) is 6.69. The fourth-order valence-electron chi connectivity index (χ4n) is 1.28. The summed E-state index contributed by atoms with van der Waals surface area (Å²) in [6.07, 6.45) is 5.57. The molecule has 2 nitrogen and oxygen atoms in total. The molecule has 0 aliphatic heterocycles. The molecule has 0 saturated heterocycles. The molecular formula is C11H21O2. The molecule has 1 radical (unpaired) electrons. The SMILES string of the molecule is CC(C)(C)CCCCCCC([O])=O. The Balaban J connectivity index is 3.13. The zero-order valence-electron chi connectivity index (χ0n) is 9.06. The lowest BCUT2D eigenvalue weighted by atomic mass is 9.89. The molecule has 0 spiro atoms. The number of hydrogen-bond acceptors (Lipinski definition) is 1. The van der Waals surface area contributed by atoms with Crippen LogP contribution in [0.1, 0.15) is 59.3 Å². The smallest absolute Gasteiger partial charge is 0.247 e. The molecule has 0 saturated carbocycles. The summed E-state index contributed by atoms with van der Waals surface area (Å²) in [5.41, 5.74) is 0.411. The first kappa shape index (κ1) is 12.5. The second-order valence-corrected chi connectivity index (χ2v) is 4.85. The summed E-state index contributed by atoms with van der Waals surface area (Å²) in [6, 6.07) is 0. The van der Waals surface area contributed by atoms with Crippen molar-refractivity contribution in [1.29, 1.82) is 0 Å². The second-order valence-electron chi connectivity index (χ2n) is 4.85. The lowest BCUT2D eigenvalue weighted by molar-refractivity contribution is -0.143. The third-order valence-corrected chi connectivity index (χ3v) is 2.06. The van der Waals surface area contributed by atoms with E-state index in [2.05, 4.69) is 20.8 Å². The van der Waals surface area contributed by atoms with Gasteiger partial charge in [-0.15, -0.1) is 0 Å². The molecule has 0 unspecified atom stereocenters. The summed E-state index contributed by atoms with van der Waals surface area (Å²) in [5, 5.41) is 10.1. The Labute approximate surface area is 81.3 Å². The molecule has 0 aromatic heterocycles. The van der Waals surface area contributed by atoms with Crippen molar-refractivity contribution in [2.24, 2.45) is 5.41 Å². The van der Waals surface area contributed by atoms with Gasteiger partial charge >= 0.3 is 5.97 Å². The van der Waals surface area contributed by atoms with Gasteiger partial charge in [-0.3, -0.25) is 0 Å². The first-order valence-corrected chi connectivity index (χ1v) is 5.12. The second kappa shape index (κ2) is 6.01. The van der Waals surface area contributed by atoms with Gasteiger partial charge in [0.25, 0.3) is 0 Å². The predicted molar refractivity (Wildman–Crippen MR) is 52.9 cm³/mol. The van der Waals surface area contributed by atoms with Crippen LogP contribution < -0.4 is 0 Å². The van der Waals surface area contributed by atoms with Crippen LogP contribution in [-0.4, -0.2) is 5.97 Å². The minimum atomic E-state index is -0.921. The van der Waals surface area contributed by atoms with Crippen LogP contribution in [0.5, 0.6) is 0 Å². The van der Waals surface area contributed by atoms with Crippen molar-refractivity contribution < 1.29 is 9.90 Å². The van der Waals surface area contributed by atoms with Crippen molar-refractivity contribution in [3.05, 3.63) is 0 Å². The summed E-state index contributed by atoms with van der Waals surface area (Å²) >= 11 is 0. The molecular weight excluding hydrogens is 164 g/mol. The molecule has 2 heteroatoms. The Morgan fingerprint density at radius 3 is 2.00 bits per heavy atom. The van der Waals surface area contributed by atoms with E-state index in [4.69, 9.17) is 0 Å². The standard InChI is InChI=1S/C11H21O2/c1-11(2,3)9-7-5-4-6-8-10(12)13/h4-9H2,1-3H3. The lowest BCUT2D eigenvalue weighted by Gasteiger charge is -2.17. The van der Waals surface area contributed by atoms with E-state index in [1.807, 2.05) is 0 Å². The highest BCUT2D eigenvalue weighted by atomic mass is 16.4. The number of rotatable bonds is 6. The van der Waals surface area contributed by atoms with E-state index >= 15 is 0 Å². The maximum Gasteiger partial charge on any atom is 0.355 e. The topological polar surface area (TPSA) is 37.0 Å². The fraction of sp³-hybridized carbons (Fsp3) is 0.909. The quantitative estimate of drug-likeness (QED) is 0.585. The highest BCUT2D eigenvalue weighted by Gasteiger charge is 2.08. The molecule has 77 valence electrons. The van der Waals surface area contributed by atoms with Gasteiger partial charge in [0, 0.05) is 0 Å². The van der Waals surface area contributed by atoms with E-state index < -0.39 is 5.97 Å². The number of hydrogen-bond donors (Lipinski definition) is 0. The first-order valence-electron chi connectivity index (χ1n) is 5.12. The van der Waals surface area contributed by atoms with Crippen LogP contribution in [0.4, 0.5) is 0 Å². The molecule has 0 rings (SSSR count). The molecule has 0 aliphatic rings. The summed E-state index contributed by atoms with van der Waals surface area (Å²) < 4.78 is 0. The Bertz CT molecular complexity index is 145. The van der Waals surface area contributed by atoms with Gasteiger partial charge in [0.05, 0.1) is 6.42 Å². The van der Waals surface area contributed by atoms with Crippen LogP contribution in [0.2, 0.25) is 0 Å². The Kier molecular flexibility index (Phi) is 5.76. The maximum atomic E-state index is 10.1. The van der Waals surface area contributed by atoms with Gasteiger partial charge in [-0.2, -0.15) is 0 Å².